The number of esters is 1. The fourth-order valence-electron chi connectivity index (χ4n) is 2.28. The molecule has 4 N–H and O–H groups in total. The van der Waals surface area contributed by atoms with E-state index in [4.69, 9.17) is 15.2 Å². The van der Waals surface area contributed by atoms with Crippen molar-refractivity contribution in [3.63, 3.8) is 0 Å². The van der Waals surface area contributed by atoms with Gasteiger partial charge in [0.05, 0.1) is 6.61 Å². The number of hydrogen-bond acceptors (Lipinski definition) is 8. The van der Waals surface area contributed by atoms with E-state index in [-0.39, 0.29) is 12.2 Å². The molecule has 0 saturated carbocycles. The van der Waals surface area contributed by atoms with Gasteiger partial charge in [-0.3, -0.25) is 9.36 Å². The third-order valence-electron chi connectivity index (χ3n) is 3.34. The molecule has 4 atom stereocenters. The molecule has 9 nitrogen and oxygen atoms in total. The van der Waals surface area contributed by atoms with Crippen LogP contribution in [0.15, 0.2) is 17.1 Å². The molecule has 122 valence electrons. The summed E-state index contributed by atoms with van der Waals surface area (Å²) in [7, 11) is 0. The minimum Gasteiger partial charge on any atom is -0.457 e. The summed E-state index contributed by atoms with van der Waals surface area (Å²) in [5, 5.41) is 19.6. The van der Waals surface area contributed by atoms with Crippen molar-refractivity contribution in [2.75, 3.05) is 12.3 Å². The topological polar surface area (TPSA) is 137 Å². The van der Waals surface area contributed by atoms with Gasteiger partial charge in [-0.1, -0.05) is 6.92 Å². The average Bonchev–Trinajstić information content (AvgIpc) is 2.76. The fourth-order valence-corrected chi connectivity index (χ4v) is 2.28. The van der Waals surface area contributed by atoms with Crippen LogP contribution >= 0.6 is 0 Å². The Morgan fingerprint density at radius 2 is 2.32 bits per heavy atom. The highest BCUT2D eigenvalue weighted by Crippen LogP contribution is 2.30. The Bertz CT molecular complexity index is 589. The molecule has 0 amide bonds. The first-order valence-corrected chi connectivity index (χ1v) is 6.96. The number of rotatable bonds is 5. The molecule has 1 aromatic heterocycles. The quantitative estimate of drug-likeness (QED) is 0.576. The molecule has 22 heavy (non-hydrogen) atoms. The molecule has 1 aliphatic heterocycles. The van der Waals surface area contributed by atoms with Crippen LogP contribution in [0.1, 0.15) is 26.0 Å². The smallest absolute Gasteiger partial charge is 0.351 e. The Balaban J connectivity index is 2.21. The first-order chi connectivity index (χ1) is 10.5. The first-order valence-electron chi connectivity index (χ1n) is 6.96. The second-order valence-corrected chi connectivity index (χ2v) is 4.98. The standard InChI is InChI=1S/C13H19N3O6/c1-2-3-9(18)22-11-7(6-17)21-12(10(11)19)16-5-4-8(14)15-13(16)20/h4-5,7,10-12,17,19H,2-3,6H2,1H3,(H2,14,15,20)/t7-,10-,11-,12?/m1/s1. The van der Waals surface area contributed by atoms with Gasteiger partial charge in [0.2, 0.25) is 0 Å². The van der Waals surface area contributed by atoms with Crippen LogP contribution < -0.4 is 11.4 Å². The summed E-state index contributed by atoms with van der Waals surface area (Å²) in [6, 6.07) is 1.38. The van der Waals surface area contributed by atoms with Crippen LogP contribution in [0.3, 0.4) is 0 Å². The number of aliphatic hydroxyl groups is 2. The van der Waals surface area contributed by atoms with E-state index in [1.54, 1.807) is 0 Å². The number of nitrogens with zero attached hydrogens (tertiary/aromatic N) is 2. The average molecular weight is 313 g/mol. The summed E-state index contributed by atoms with van der Waals surface area (Å²) in [5.41, 5.74) is 4.70. The Kier molecular flexibility index (Phi) is 5.11. The van der Waals surface area contributed by atoms with E-state index >= 15 is 0 Å². The molecule has 2 rings (SSSR count). The van der Waals surface area contributed by atoms with E-state index in [2.05, 4.69) is 4.98 Å². The molecule has 0 spiro atoms. The number of ether oxygens (including phenoxy) is 2. The molecule has 1 aliphatic rings. The lowest BCUT2D eigenvalue weighted by molar-refractivity contribution is -0.156. The summed E-state index contributed by atoms with van der Waals surface area (Å²) < 4.78 is 11.6. The number of aliphatic hydroxyl groups excluding tert-OH is 2. The van der Waals surface area contributed by atoms with Crippen molar-refractivity contribution in [2.24, 2.45) is 0 Å². The minimum atomic E-state index is -1.30. The third-order valence-corrected chi connectivity index (χ3v) is 3.34. The van der Waals surface area contributed by atoms with Crippen LogP contribution in [0.2, 0.25) is 0 Å². The molecular formula is C13H19N3O6. The van der Waals surface area contributed by atoms with Crippen molar-refractivity contribution in [3.05, 3.63) is 22.7 Å². The number of carbonyl (C=O) groups is 1. The van der Waals surface area contributed by atoms with Gasteiger partial charge in [0, 0.05) is 12.6 Å². The zero-order chi connectivity index (χ0) is 16.3. The number of nitrogen functional groups attached to an aromatic ring is 1. The number of nitrogens with two attached hydrogens (primary N) is 1. The fraction of sp³-hybridized carbons (Fsp3) is 0.615. The lowest BCUT2D eigenvalue weighted by Gasteiger charge is -2.19. The lowest BCUT2D eigenvalue weighted by atomic mass is 10.1. The first kappa shape index (κ1) is 16.4. The molecular weight excluding hydrogens is 294 g/mol. The molecule has 0 radical (unpaired) electrons. The SMILES string of the molecule is CCCC(=O)O[C@@H]1[C@@H](CO)OC(n2ccc(N)nc2=O)[C@@H]1O. The van der Waals surface area contributed by atoms with Crippen LogP contribution in [-0.4, -0.2) is 50.7 Å². The molecule has 2 heterocycles. The number of aromatic nitrogens is 2. The maximum atomic E-state index is 11.8. The monoisotopic (exact) mass is 313 g/mol. The summed E-state index contributed by atoms with van der Waals surface area (Å²) in [5.74, 6) is -0.463. The van der Waals surface area contributed by atoms with Gasteiger partial charge in [-0.25, -0.2) is 4.79 Å². The van der Waals surface area contributed by atoms with Gasteiger partial charge in [-0.15, -0.1) is 0 Å². The molecule has 0 bridgehead atoms. The Hall–Kier alpha value is -1.97. The van der Waals surface area contributed by atoms with Gasteiger partial charge in [0.15, 0.2) is 12.3 Å². The molecule has 1 aromatic rings. The van der Waals surface area contributed by atoms with Crippen LogP contribution in [0.25, 0.3) is 0 Å². The summed E-state index contributed by atoms with van der Waals surface area (Å²) in [4.78, 5) is 26.9. The van der Waals surface area contributed by atoms with E-state index in [1.807, 2.05) is 6.92 Å². The van der Waals surface area contributed by atoms with E-state index < -0.39 is 42.8 Å². The van der Waals surface area contributed by atoms with Crippen LogP contribution in [0, 0.1) is 0 Å². The van der Waals surface area contributed by atoms with Crippen LogP contribution in [0.5, 0.6) is 0 Å². The second-order valence-electron chi connectivity index (χ2n) is 4.98. The van der Waals surface area contributed by atoms with Gasteiger partial charge in [0.25, 0.3) is 0 Å². The van der Waals surface area contributed by atoms with Crippen LogP contribution in [-0.2, 0) is 14.3 Å². The highest BCUT2D eigenvalue weighted by Gasteiger charge is 2.47. The Morgan fingerprint density at radius 3 is 2.91 bits per heavy atom. The minimum absolute atomic E-state index is 0.0402. The third kappa shape index (κ3) is 3.26. The zero-order valence-electron chi connectivity index (χ0n) is 12.1. The number of anilines is 1. The predicted octanol–water partition coefficient (Wildman–Crippen LogP) is -1.21. The van der Waals surface area contributed by atoms with Crippen LogP contribution in [0.4, 0.5) is 5.82 Å². The molecule has 1 fully saturated rings. The Morgan fingerprint density at radius 1 is 1.59 bits per heavy atom. The molecule has 9 heteroatoms. The van der Waals surface area contributed by atoms with Gasteiger partial charge in [0.1, 0.15) is 18.0 Å². The van der Waals surface area contributed by atoms with E-state index in [0.717, 1.165) is 4.57 Å². The largest absolute Gasteiger partial charge is 0.457 e. The van der Waals surface area contributed by atoms with E-state index in [9.17, 15) is 19.8 Å². The maximum absolute atomic E-state index is 11.8. The number of hydrogen-bond donors (Lipinski definition) is 3. The van der Waals surface area contributed by atoms with E-state index in [0.29, 0.717) is 6.42 Å². The summed E-state index contributed by atoms with van der Waals surface area (Å²) >= 11 is 0. The summed E-state index contributed by atoms with van der Waals surface area (Å²) in [6.07, 6.45) is -2.29. The molecule has 1 saturated heterocycles. The van der Waals surface area contributed by atoms with Crippen molar-refractivity contribution >= 4 is 11.8 Å². The van der Waals surface area contributed by atoms with Crippen molar-refractivity contribution in [1.29, 1.82) is 0 Å². The molecule has 0 aromatic carbocycles. The molecule has 0 aliphatic carbocycles. The molecule has 1 unspecified atom stereocenters. The van der Waals surface area contributed by atoms with Gasteiger partial charge in [-0.05, 0) is 12.5 Å². The Labute approximate surface area is 126 Å². The van der Waals surface area contributed by atoms with Gasteiger partial charge >= 0.3 is 11.7 Å². The van der Waals surface area contributed by atoms with Crippen molar-refractivity contribution < 1.29 is 24.5 Å². The van der Waals surface area contributed by atoms with Gasteiger partial charge in [-0.2, -0.15) is 4.98 Å². The predicted molar refractivity (Wildman–Crippen MR) is 74.7 cm³/mol. The van der Waals surface area contributed by atoms with Crippen molar-refractivity contribution in [3.8, 4) is 0 Å². The maximum Gasteiger partial charge on any atom is 0.351 e. The normalized spacial score (nSPS) is 27.8. The highest BCUT2D eigenvalue weighted by molar-refractivity contribution is 5.69. The summed E-state index contributed by atoms with van der Waals surface area (Å²) in [6.45, 7) is 1.35. The number of carbonyl (C=O) groups excluding carboxylic acids is 1. The van der Waals surface area contributed by atoms with E-state index in [1.165, 1.54) is 12.3 Å². The van der Waals surface area contributed by atoms with Crippen molar-refractivity contribution in [1.82, 2.24) is 9.55 Å². The lowest BCUT2D eigenvalue weighted by Crippen LogP contribution is -2.39. The highest BCUT2D eigenvalue weighted by atomic mass is 16.6. The second kappa shape index (κ2) is 6.86. The van der Waals surface area contributed by atoms with Gasteiger partial charge < -0.3 is 25.4 Å². The zero-order valence-corrected chi connectivity index (χ0v) is 12.1. The van der Waals surface area contributed by atoms with Crippen molar-refractivity contribution in [2.45, 2.75) is 44.3 Å².